The molecule has 17 heavy (non-hydrogen) atoms. The Hall–Kier alpha value is -1.39. The van der Waals surface area contributed by atoms with E-state index in [9.17, 15) is 4.79 Å². The van der Waals surface area contributed by atoms with Crippen molar-refractivity contribution >= 4 is 5.91 Å². The van der Waals surface area contributed by atoms with E-state index in [4.69, 9.17) is 0 Å². The van der Waals surface area contributed by atoms with E-state index in [-0.39, 0.29) is 11.8 Å². The molecule has 1 N–H and O–H groups in total. The summed E-state index contributed by atoms with van der Waals surface area (Å²) in [6.45, 7) is 6.94. The fourth-order valence-corrected chi connectivity index (χ4v) is 1.83. The summed E-state index contributed by atoms with van der Waals surface area (Å²) in [7, 11) is 0. The van der Waals surface area contributed by atoms with Gasteiger partial charge >= 0.3 is 0 Å². The molecule has 0 spiro atoms. The molecule has 0 aliphatic heterocycles. The van der Waals surface area contributed by atoms with Gasteiger partial charge < -0.3 is 4.90 Å². The molecule has 94 valence electrons. The first kappa shape index (κ1) is 12.1. The molecule has 1 fully saturated rings. The number of carbonyl (C=O) groups excluding carboxylic acids is 1. The predicted octanol–water partition coefficient (Wildman–Crippen LogP) is 1.94. The molecule has 0 radical (unpaired) electrons. The van der Waals surface area contributed by atoms with Gasteiger partial charge in [-0.25, -0.2) is 4.98 Å². The number of amides is 1. The number of aromatic amines is 1. The molecular weight excluding hydrogens is 216 g/mol. The number of rotatable bonds is 5. The Morgan fingerprint density at radius 2 is 2.24 bits per heavy atom. The van der Waals surface area contributed by atoms with Crippen molar-refractivity contribution in [3.05, 3.63) is 11.6 Å². The zero-order valence-electron chi connectivity index (χ0n) is 10.7. The Balaban J connectivity index is 2.10. The monoisotopic (exact) mass is 236 g/mol. The van der Waals surface area contributed by atoms with Crippen molar-refractivity contribution in [2.24, 2.45) is 0 Å². The van der Waals surface area contributed by atoms with E-state index in [1.165, 1.54) is 0 Å². The van der Waals surface area contributed by atoms with Crippen molar-refractivity contribution in [1.82, 2.24) is 20.1 Å². The Morgan fingerprint density at radius 3 is 2.71 bits per heavy atom. The first-order valence-corrected chi connectivity index (χ1v) is 6.36. The third-order valence-electron chi connectivity index (χ3n) is 2.95. The normalized spacial score (nSPS) is 15.3. The largest absolute Gasteiger partial charge is 0.333 e. The molecule has 0 bridgehead atoms. The smallest absolute Gasteiger partial charge is 0.293 e. The number of nitrogens with one attached hydrogen (secondary N) is 1. The molecule has 1 heterocycles. The van der Waals surface area contributed by atoms with Gasteiger partial charge in [0, 0.05) is 18.5 Å². The molecule has 0 aromatic carbocycles. The van der Waals surface area contributed by atoms with Gasteiger partial charge in [-0.15, -0.1) is 5.10 Å². The van der Waals surface area contributed by atoms with Crippen LogP contribution in [0.25, 0.3) is 0 Å². The maximum Gasteiger partial charge on any atom is 0.293 e. The third kappa shape index (κ3) is 2.65. The highest BCUT2D eigenvalue weighted by atomic mass is 16.2. The van der Waals surface area contributed by atoms with E-state index in [1.807, 2.05) is 18.7 Å². The minimum Gasteiger partial charge on any atom is -0.333 e. The number of carbonyl (C=O) groups is 1. The standard InChI is InChI=1S/C12H20N4O/c1-4-7-16(9-5-6-9)12(17)11-13-10(8(2)3)14-15-11/h8-9H,4-7H2,1-3H3,(H,13,14,15). The molecule has 0 atom stereocenters. The van der Waals surface area contributed by atoms with E-state index >= 15 is 0 Å². The molecular formula is C12H20N4O. The average Bonchev–Trinajstić information content (AvgIpc) is 3.00. The van der Waals surface area contributed by atoms with Gasteiger partial charge in [0.05, 0.1) is 0 Å². The fraction of sp³-hybridized carbons (Fsp3) is 0.750. The van der Waals surface area contributed by atoms with Gasteiger partial charge in [0.2, 0.25) is 5.82 Å². The van der Waals surface area contributed by atoms with Crippen molar-refractivity contribution in [2.45, 2.75) is 52.0 Å². The summed E-state index contributed by atoms with van der Waals surface area (Å²) in [5, 5.41) is 6.86. The van der Waals surface area contributed by atoms with Crippen LogP contribution in [0.1, 0.15) is 62.4 Å². The van der Waals surface area contributed by atoms with Crippen molar-refractivity contribution in [1.29, 1.82) is 0 Å². The van der Waals surface area contributed by atoms with Gasteiger partial charge in [0.1, 0.15) is 5.82 Å². The lowest BCUT2D eigenvalue weighted by Crippen LogP contribution is -2.34. The Labute approximate surface area is 102 Å². The van der Waals surface area contributed by atoms with Crippen LogP contribution in [0.3, 0.4) is 0 Å². The Morgan fingerprint density at radius 1 is 1.53 bits per heavy atom. The summed E-state index contributed by atoms with van der Waals surface area (Å²) in [5.41, 5.74) is 0. The highest BCUT2D eigenvalue weighted by molar-refractivity contribution is 5.90. The van der Waals surface area contributed by atoms with Gasteiger partial charge in [-0.1, -0.05) is 20.8 Å². The average molecular weight is 236 g/mol. The summed E-state index contributed by atoms with van der Waals surface area (Å²) in [6.07, 6.45) is 3.21. The van der Waals surface area contributed by atoms with Gasteiger partial charge in [-0.05, 0) is 19.3 Å². The van der Waals surface area contributed by atoms with Gasteiger partial charge in [0.15, 0.2) is 0 Å². The van der Waals surface area contributed by atoms with Crippen LogP contribution >= 0.6 is 0 Å². The summed E-state index contributed by atoms with van der Waals surface area (Å²) in [5.74, 6) is 1.33. The van der Waals surface area contributed by atoms with Crippen LogP contribution in [0.4, 0.5) is 0 Å². The molecule has 1 amide bonds. The van der Waals surface area contributed by atoms with Crippen LogP contribution in [0, 0.1) is 0 Å². The SMILES string of the molecule is CCCN(C(=O)c1n[nH]c(C(C)C)n1)C1CC1. The van der Waals surface area contributed by atoms with E-state index in [0.29, 0.717) is 11.9 Å². The molecule has 1 aromatic rings. The first-order chi connectivity index (χ1) is 8.13. The number of H-pyrrole nitrogens is 1. The number of hydrogen-bond donors (Lipinski definition) is 1. The third-order valence-corrected chi connectivity index (χ3v) is 2.95. The highest BCUT2D eigenvalue weighted by Gasteiger charge is 2.34. The fourth-order valence-electron chi connectivity index (χ4n) is 1.83. The Kier molecular flexibility index (Phi) is 3.45. The zero-order valence-corrected chi connectivity index (χ0v) is 10.7. The maximum atomic E-state index is 12.2. The highest BCUT2D eigenvalue weighted by Crippen LogP contribution is 2.28. The van der Waals surface area contributed by atoms with Crippen molar-refractivity contribution in [3.63, 3.8) is 0 Å². The molecule has 1 aliphatic rings. The summed E-state index contributed by atoms with van der Waals surface area (Å²) >= 11 is 0. The lowest BCUT2D eigenvalue weighted by atomic mass is 10.2. The molecule has 5 nitrogen and oxygen atoms in total. The lowest BCUT2D eigenvalue weighted by molar-refractivity contribution is 0.0731. The second kappa shape index (κ2) is 4.85. The topological polar surface area (TPSA) is 61.9 Å². The van der Waals surface area contributed by atoms with Crippen LogP contribution < -0.4 is 0 Å². The quantitative estimate of drug-likeness (QED) is 0.849. The molecule has 1 aromatic heterocycles. The second-order valence-electron chi connectivity index (χ2n) is 4.93. The van der Waals surface area contributed by atoms with E-state index in [2.05, 4.69) is 22.1 Å². The van der Waals surface area contributed by atoms with Crippen LogP contribution in [-0.2, 0) is 0 Å². The van der Waals surface area contributed by atoms with Crippen LogP contribution in [0.2, 0.25) is 0 Å². The predicted molar refractivity (Wildman–Crippen MR) is 64.8 cm³/mol. The number of hydrogen-bond acceptors (Lipinski definition) is 3. The molecule has 1 saturated carbocycles. The number of aromatic nitrogens is 3. The van der Waals surface area contributed by atoms with Crippen LogP contribution in [0.15, 0.2) is 0 Å². The summed E-state index contributed by atoms with van der Waals surface area (Å²) in [6, 6.07) is 0.420. The van der Waals surface area contributed by atoms with Crippen molar-refractivity contribution in [2.75, 3.05) is 6.54 Å². The first-order valence-electron chi connectivity index (χ1n) is 6.36. The molecule has 2 rings (SSSR count). The second-order valence-corrected chi connectivity index (χ2v) is 4.93. The van der Waals surface area contributed by atoms with Gasteiger partial charge in [0.25, 0.3) is 5.91 Å². The van der Waals surface area contributed by atoms with Crippen molar-refractivity contribution in [3.8, 4) is 0 Å². The summed E-state index contributed by atoms with van der Waals surface area (Å²) < 4.78 is 0. The Bertz CT molecular complexity index is 395. The van der Waals surface area contributed by atoms with E-state index < -0.39 is 0 Å². The maximum absolute atomic E-state index is 12.2. The lowest BCUT2D eigenvalue weighted by Gasteiger charge is -2.19. The number of nitrogens with zero attached hydrogens (tertiary/aromatic N) is 3. The molecule has 0 unspecified atom stereocenters. The molecule has 5 heteroatoms. The molecule has 0 saturated heterocycles. The minimum absolute atomic E-state index is 0.0301. The molecule has 1 aliphatic carbocycles. The van der Waals surface area contributed by atoms with Gasteiger partial charge in [-0.2, -0.15) is 0 Å². The van der Waals surface area contributed by atoms with E-state index in [0.717, 1.165) is 31.6 Å². The zero-order chi connectivity index (χ0) is 12.4. The van der Waals surface area contributed by atoms with Crippen LogP contribution in [0.5, 0.6) is 0 Å². The van der Waals surface area contributed by atoms with E-state index in [1.54, 1.807) is 0 Å². The van der Waals surface area contributed by atoms with Crippen LogP contribution in [-0.4, -0.2) is 38.6 Å². The van der Waals surface area contributed by atoms with Crippen molar-refractivity contribution < 1.29 is 4.79 Å². The van der Waals surface area contributed by atoms with Gasteiger partial charge in [-0.3, -0.25) is 9.89 Å². The summed E-state index contributed by atoms with van der Waals surface area (Å²) in [4.78, 5) is 18.4. The minimum atomic E-state index is -0.0301.